The lowest BCUT2D eigenvalue weighted by molar-refractivity contribution is -0.117. The van der Waals surface area contributed by atoms with Crippen molar-refractivity contribution in [3.05, 3.63) is 108 Å². The summed E-state index contributed by atoms with van der Waals surface area (Å²) in [6.07, 6.45) is 11.8. The fraction of sp³-hybridized carbons (Fsp3) is 0.241. The van der Waals surface area contributed by atoms with Crippen LogP contribution in [0.2, 0.25) is 0 Å². The molecule has 0 aliphatic carbocycles. The predicted octanol–water partition coefficient (Wildman–Crippen LogP) is 5.61. The van der Waals surface area contributed by atoms with Crippen LogP contribution >= 0.6 is 0 Å². The molecule has 5 heteroatoms. The number of benzene rings is 2. The Morgan fingerprint density at radius 3 is 2.26 bits per heavy atom. The summed E-state index contributed by atoms with van der Waals surface area (Å²) in [6.45, 7) is 2.03. The third kappa shape index (κ3) is 7.62. The van der Waals surface area contributed by atoms with Gasteiger partial charge in [0.1, 0.15) is 11.5 Å². The molecule has 1 aromatic heterocycles. The zero-order chi connectivity index (χ0) is 24.2. The van der Waals surface area contributed by atoms with E-state index in [-0.39, 0.29) is 11.9 Å². The summed E-state index contributed by atoms with van der Waals surface area (Å²) >= 11 is 0. The molecule has 1 heterocycles. The van der Waals surface area contributed by atoms with Gasteiger partial charge in [-0.1, -0.05) is 42.5 Å². The Balaban J connectivity index is 1.67. The van der Waals surface area contributed by atoms with Gasteiger partial charge < -0.3 is 14.8 Å². The Kier molecular flexibility index (Phi) is 9.47. The lowest BCUT2D eigenvalue weighted by atomic mass is 9.97. The second-order valence-electron chi connectivity index (χ2n) is 8.07. The summed E-state index contributed by atoms with van der Waals surface area (Å²) < 4.78 is 10.8. The van der Waals surface area contributed by atoms with Gasteiger partial charge in [-0.25, -0.2) is 0 Å². The molecule has 0 unspecified atom stereocenters. The van der Waals surface area contributed by atoms with E-state index in [1.807, 2.05) is 73.8 Å². The van der Waals surface area contributed by atoms with Gasteiger partial charge in [-0.05, 0) is 78.8 Å². The number of hydrogen-bond donors (Lipinski definition) is 1. The van der Waals surface area contributed by atoms with E-state index < -0.39 is 0 Å². The lowest BCUT2D eigenvalue weighted by Crippen LogP contribution is -2.31. The number of hydrogen-bond acceptors (Lipinski definition) is 4. The smallest absolute Gasteiger partial charge is 0.244 e. The first kappa shape index (κ1) is 24.8. The van der Waals surface area contributed by atoms with Crippen molar-refractivity contribution in [3.63, 3.8) is 0 Å². The summed E-state index contributed by atoms with van der Waals surface area (Å²) in [5.74, 6) is 1.43. The fourth-order valence-corrected chi connectivity index (χ4v) is 3.69. The summed E-state index contributed by atoms with van der Waals surface area (Å²) in [5.41, 5.74) is 4.16. The number of allylic oxidation sites excluding steroid dienone is 2. The SMILES string of the molecule is COc1cccc(C(=CC=CC(=O)N[C@H](C)CCCc2cccnc2)c2cccc(OC)c2)c1. The molecule has 34 heavy (non-hydrogen) atoms. The topological polar surface area (TPSA) is 60.5 Å². The van der Waals surface area contributed by atoms with Crippen molar-refractivity contribution in [1.29, 1.82) is 0 Å². The Morgan fingerprint density at radius 1 is 1.00 bits per heavy atom. The van der Waals surface area contributed by atoms with E-state index in [1.165, 1.54) is 5.56 Å². The molecule has 0 bridgehead atoms. The first-order valence-corrected chi connectivity index (χ1v) is 11.5. The quantitative estimate of drug-likeness (QED) is 0.301. The molecule has 1 atom stereocenters. The minimum Gasteiger partial charge on any atom is -0.497 e. The van der Waals surface area contributed by atoms with Crippen LogP contribution < -0.4 is 14.8 Å². The van der Waals surface area contributed by atoms with Gasteiger partial charge in [0.2, 0.25) is 5.91 Å². The van der Waals surface area contributed by atoms with Gasteiger partial charge in [0, 0.05) is 24.5 Å². The summed E-state index contributed by atoms with van der Waals surface area (Å²) in [4.78, 5) is 16.6. The normalized spacial score (nSPS) is 11.6. The van der Waals surface area contributed by atoms with E-state index in [2.05, 4.69) is 16.4 Å². The summed E-state index contributed by atoms with van der Waals surface area (Å²) in [5, 5.41) is 3.05. The van der Waals surface area contributed by atoms with Gasteiger partial charge in [-0.2, -0.15) is 0 Å². The Bertz CT molecular complexity index is 1070. The summed E-state index contributed by atoms with van der Waals surface area (Å²) in [7, 11) is 3.30. The van der Waals surface area contributed by atoms with Gasteiger partial charge in [-0.3, -0.25) is 9.78 Å². The van der Waals surface area contributed by atoms with E-state index in [0.717, 1.165) is 47.5 Å². The van der Waals surface area contributed by atoms with Crippen molar-refractivity contribution in [2.24, 2.45) is 0 Å². The first-order valence-electron chi connectivity index (χ1n) is 11.5. The molecule has 3 rings (SSSR count). The maximum absolute atomic E-state index is 12.5. The number of nitrogens with one attached hydrogen (secondary N) is 1. The Morgan fingerprint density at radius 2 is 1.68 bits per heavy atom. The minimum absolute atomic E-state index is 0.0917. The van der Waals surface area contributed by atoms with Crippen LogP contribution in [-0.4, -0.2) is 31.2 Å². The van der Waals surface area contributed by atoms with Crippen LogP contribution in [0.5, 0.6) is 11.5 Å². The third-order valence-corrected chi connectivity index (χ3v) is 5.49. The fourth-order valence-electron chi connectivity index (χ4n) is 3.69. The van der Waals surface area contributed by atoms with Crippen molar-refractivity contribution < 1.29 is 14.3 Å². The number of amides is 1. The highest BCUT2D eigenvalue weighted by Gasteiger charge is 2.08. The molecule has 1 N–H and O–H groups in total. The average Bonchev–Trinajstić information content (AvgIpc) is 2.87. The van der Waals surface area contributed by atoms with Crippen molar-refractivity contribution in [2.45, 2.75) is 32.2 Å². The van der Waals surface area contributed by atoms with Crippen LogP contribution in [0.25, 0.3) is 5.57 Å². The van der Waals surface area contributed by atoms with Crippen LogP contribution in [-0.2, 0) is 11.2 Å². The number of aryl methyl sites for hydroxylation is 1. The van der Waals surface area contributed by atoms with Gasteiger partial charge in [-0.15, -0.1) is 0 Å². The molecule has 2 aromatic carbocycles. The molecule has 1 amide bonds. The minimum atomic E-state index is -0.110. The molecule has 0 saturated carbocycles. The zero-order valence-electron chi connectivity index (χ0n) is 20.0. The van der Waals surface area contributed by atoms with Gasteiger partial charge in [0.15, 0.2) is 0 Å². The van der Waals surface area contributed by atoms with Crippen molar-refractivity contribution in [3.8, 4) is 11.5 Å². The van der Waals surface area contributed by atoms with Gasteiger partial charge >= 0.3 is 0 Å². The predicted molar refractivity (Wildman–Crippen MR) is 137 cm³/mol. The molecule has 176 valence electrons. The number of rotatable bonds is 11. The van der Waals surface area contributed by atoms with Gasteiger partial charge in [0.25, 0.3) is 0 Å². The largest absolute Gasteiger partial charge is 0.497 e. The summed E-state index contributed by atoms with van der Waals surface area (Å²) in [6, 6.07) is 19.8. The van der Waals surface area contributed by atoms with Crippen LogP contribution in [0, 0.1) is 0 Å². The van der Waals surface area contributed by atoms with Crippen LogP contribution in [0.3, 0.4) is 0 Å². The van der Waals surface area contributed by atoms with Crippen LogP contribution in [0.1, 0.15) is 36.5 Å². The highest BCUT2D eigenvalue weighted by Crippen LogP contribution is 2.28. The average molecular weight is 457 g/mol. The maximum atomic E-state index is 12.5. The monoisotopic (exact) mass is 456 g/mol. The Labute approximate surface area is 202 Å². The molecular weight excluding hydrogens is 424 g/mol. The number of aromatic nitrogens is 1. The second kappa shape index (κ2) is 13.0. The number of carbonyl (C=O) groups is 1. The third-order valence-electron chi connectivity index (χ3n) is 5.49. The molecule has 0 radical (unpaired) electrons. The molecule has 0 spiro atoms. The zero-order valence-corrected chi connectivity index (χ0v) is 20.0. The van der Waals surface area contributed by atoms with Crippen molar-refractivity contribution in [2.75, 3.05) is 14.2 Å². The van der Waals surface area contributed by atoms with E-state index >= 15 is 0 Å². The molecule has 3 aromatic rings. The maximum Gasteiger partial charge on any atom is 0.244 e. The van der Waals surface area contributed by atoms with Crippen LogP contribution in [0.4, 0.5) is 0 Å². The highest BCUT2D eigenvalue weighted by atomic mass is 16.5. The second-order valence-corrected chi connectivity index (χ2v) is 8.07. The van der Waals surface area contributed by atoms with Gasteiger partial charge in [0.05, 0.1) is 14.2 Å². The number of methoxy groups -OCH3 is 2. The van der Waals surface area contributed by atoms with Crippen molar-refractivity contribution in [1.82, 2.24) is 10.3 Å². The first-order chi connectivity index (χ1) is 16.6. The molecule has 5 nitrogen and oxygen atoms in total. The standard InChI is InChI=1S/C29H32N2O3/c1-22(9-4-10-23-11-8-18-30-21-23)31-29(32)17-7-16-28(24-12-5-14-26(19-24)33-2)25-13-6-15-27(20-25)34-3/h5-8,11-22H,4,9-10H2,1-3H3,(H,31,32)/t22-/m1/s1. The van der Waals surface area contributed by atoms with E-state index in [9.17, 15) is 4.79 Å². The number of ether oxygens (including phenoxy) is 2. The number of carbonyl (C=O) groups excluding carboxylic acids is 1. The van der Waals surface area contributed by atoms with E-state index in [4.69, 9.17) is 9.47 Å². The van der Waals surface area contributed by atoms with E-state index in [0.29, 0.717) is 0 Å². The molecular formula is C29H32N2O3. The number of pyridine rings is 1. The van der Waals surface area contributed by atoms with E-state index in [1.54, 1.807) is 32.6 Å². The Hall–Kier alpha value is -3.86. The lowest BCUT2D eigenvalue weighted by Gasteiger charge is -2.12. The number of nitrogens with zero attached hydrogens (tertiary/aromatic N) is 1. The molecule has 0 aliphatic heterocycles. The molecule has 0 saturated heterocycles. The van der Waals surface area contributed by atoms with Crippen molar-refractivity contribution >= 4 is 11.5 Å². The highest BCUT2D eigenvalue weighted by molar-refractivity contribution is 5.89. The molecule has 0 aliphatic rings. The van der Waals surface area contributed by atoms with Crippen LogP contribution in [0.15, 0.2) is 91.3 Å². The molecule has 0 fully saturated rings.